The van der Waals surface area contributed by atoms with Crippen molar-refractivity contribution in [2.45, 2.75) is 37.5 Å². The highest BCUT2D eigenvalue weighted by Gasteiger charge is 2.70. The Kier molecular flexibility index (Phi) is 6.27. The van der Waals surface area contributed by atoms with Gasteiger partial charge in [-0.3, -0.25) is 14.4 Å². The summed E-state index contributed by atoms with van der Waals surface area (Å²) in [6.45, 7) is 3.85. The van der Waals surface area contributed by atoms with E-state index >= 15 is 0 Å². The zero-order valence-electron chi connectivity index (χ0n) is 23.7. The van der Waals surface area contributed by atoms with Crippen molar-refractivity contribution >= 4 is 29.2 Å². The van der Waals surface area contributed by atoms with Gasteiger partial charge in [0.2, 0.25) is 5.91 Å². The largest absolute Gasteiger partial charge is 0.491 e. The second-order valence-electron chi connectivity index (χ2n) is 11.5. The summed E-state index contributed by atoms with van der Waals surface area (Å²) in [5.41, 5.74) is 2.23. The number of hydrogen-bond donors (Lipinski definition) is 1. The molecule has 7 heteroatoms. The van der Waals surface area contributed by atoms with Crippen molar-refractivity contribution in [3.8, 4) is 5.75 Å². The maximum atomic E-state index is 14.7. The van der Waals surface area contributed by atoms with Gasteiger partial charge in [-0.1, -0.05) is 42.5 Å². The Morgan fingerprint density at radius 2 is 1.51 bits per heavy atom. The second-order valence-corrected chi connectivity index (χ2v) is 11.5. The molecular formula is C36H29FN2O4. The van der Waals surface area contributed by atoms with Gasteiger partial charge in [-0.2, -0.15) is 0 Å². The number of carbonyl (C=O) groups is 3. The average Bonchev–Trinajstić information content (AvgIpc) is 3.49. The number of ether oxygens (including phenoxy) is 1. The minimum atomic E-state index is -1.44. The van der Waals surface area contributed by atoms with E-state index in [2.05, 4.69) is 5.32 Å². The van der Waals surface area contributed by atoms with E-state index in [1.54, 1.807) is 24.3 Å². The Labute approximate surface area is 248 Å². The van der Waals surface area contributed by atoms with Crippen LogP contribution in [0, 0.1) is 11.7 Å². The topological polar surface area (TPSA) is 75.7 Å². The molecule has 4 aromatic rings. The summed E-state index contributed by atoms with van der Waals surface area (Å²) >= 11 is 0. The van der Waals surface area contributed by atoms with Crippen molar-refractivity contribution in [2.75, 3.05) is 5.32 Å². The Bertz CT molecular complexity index is 1800. The maximum absolute atomic E-state index is 14.7. The average molecular weight is 573 g/mol. The molecule has 214 valence electrons. The number of nitrogens with one attached hydrogen (secondary N) is 1. The van der Waals surface area contributed by atoms with Crippen LogP contribution in [0.15, 0.2) is 103 Å². The van der Waals surface area contributed by atoms with E-state index < -0.39 is 35.0 Å². The molecule has 0 aliphatic carbocycles. The van der Waals surface area contributed by atoms with Gasteiger partial charge in [-0.15, -0.1) is 0 Å². The first-order chi connectivity index (χ1) is 20.8. The summed E-state index contributed by atoms with van der Waals surface area (Å²) in [5, 5.41) is 3.03. The molecule has 3 heterocycles. The second kappa shape index (κ2) is 10.1. The first-order valence-corrected chi connectivity index (χ1v) is 14.4. The molecular weight excluding hydrogens is 543 g/mol. The fraction of sp³-hybridized carbons (Fsp3) is 0.194. The monoisotopic (exact) mass is 572 g/mol. The van der Waals surface area contributed by atoms with Gasteiger partial charge in [0.25, 0.3) is 0 Å². The van der Waals surface area contributed by atoms with Crippen LogP contribution in [0.5, 0.6) is 5.75 Å². The van der Waals surface area contributed by atoms with Crippen LogP contribution in [-0.2, 0) is 10.2 Å². The van der Waals surface area contributed by atoms with Crippen molar-refractivity contribution in [2.24, 2.45) is 5.92 Å². The number of fused-ring (bicyclic) bond motifs is 6. The molecule has 7 rings (SSSR count). The molecule has 4 atom stereocenters. The number of benzene rings is 4. The summed E-state index contributed by atoms with van der Waals surface area (Å²) in [4.78, 5) is 45.7. The highest BCUT2D eigenvalue weighted by Crippen LogP contribution is 2.62. The van der Waals surface area contributed by atoms with Crippen LogP contribution in [0.4, 0.5) is 10.1 Å². The van der Waals surface area contributed by atoms with Crippen LogP contribution >= 0.6 is 0 Å². The van der Waals surface area contributed by atoms with Gasteiger partial charge in [-0.25, -0.2) is 4.39 Å². The first-order valence-electron chi connectivity index (χ1n) is 14.4. The summed E-state index contributed by atoms with van der Waals surface area (Å²) in [5.74, 6) is -2.01. The minimum Gasteiger partial charge on any atom is -0.491 e. The third kappa shape index (κ3) is 4.02. The highest BCUT2D eigenvalue weighted by atomic mass is 19.1. The molecule has 6 nitrogen and oxygen atoms in total. The number of carbonyl (C=O) groups excluding carboxylic acids is 3. The van der Waals surface area contributed by atoms with E-state index in [1.165, 1.54) is 24.3 Å². The van der Waals surface area contributed by atoms with Crippen LogP contribution in [0.1, 0.15) is 57.3 Å². The van der Waals surface area contributed by atoms with Gasteiger partial charge in [0.15, 0.2) is 11.6 Å². The molecule has 0 radical (unpaired) electrons. The quantitative estimate of drug-likeness (QED) is 0.264. The standard InChI is InChI=1S/C36H29FN2O4/c1-21(2)43-26-17-13-24(14-18-26)33(41)31-30(32(40)23-11-15-25(37)16-12-23)36(28-9-5-6-10-29(28)38-35(36)42)34-27-8-4-3-7-22(27)19-20-39(31)34/h3-21,30-31,34H,1-2H3,(H,38,42)/t30-,31-,34+,36+/m0/s1. The molecule has 4 aromatic carbocycles. The van der Waals surface area contributed by atoms with Crippen molar-refractivity contribution in [1.82, 2.24) is 4.90 Å². The predicted octanol–water partition coefficient (Wildman–Crippen LogP) is 6.59. The van der Waals surface area contributed by atoms with Crippen molar-refractivity contribution in [1.29, 1.82) is 0 Å². The summed E-state index contributed by atoms with van der Waals surface area (Å²) in [6, 6.07) is 25.6. The molecule has 1 N–H and O–H groups in total. The lowest BCUT2D eigenvalue weighted by molar-refractivity contribution is -0.122. The van der Waals surface area contributed by atoms with Crippen molar-refractivity contribution in [3.05, 3.63) is 137 Å². The molecule has 0 bridgehead atoms. The van der Waals surface area contributed by atoms with Crippen LogP contribution in [0.3, 0.4) is 0 Å². The predicted molar refractivity (Wildman–Crippen MR) is 161 cm³/mol. The summed E-state index contributed by atoms with van der Waals surface area (Å²) < 4.78 is 19.8. The Balaban J connectivity index is 1.47. The van der Waals surface area contributed by atoms with E-state index in [0.29, 0.717) is 22.6 Å². The number of Topliss-reactive ketones (excluding diaryl/α,β-unsaturated/α-hetero) is 2. The molecule has 1 saturated heterocycles. The zero-order chi connectivity index (χ0) is 29.9. The van der Waals surface area contributed by atoms with Crippen LogP contribution < -0.4 is 10.1 Å². The lowest BCUT2D eigenvalue weighted by Crippen LogP contribution is -2.49. The number of para-hydroxylation sites is 1. The molecule has 1 fully saturated rings. The number of ketones is 2. The van der Waals surface area contributed by atoms with Gasteiger partial charge >= 0.3 is 0 Å². The van der Waals surface area contributed by atoms with E-state index in [-0.39, 0.29) is 23.4 Å². The Hall–Kier alpha value is -5.04. The van der Waals surface area contributed by atoms with Crippen LogP contribution in [0.2, 0.25) is 0 Å². The Morgan fingerprint density at radius 1 is 0.860 bits per heavy atom. The van der Waals surface area contributed by atoms with E-state index in [0.717, 1.165) is 11.1 Å². The SMILES string of the molecule is CC(C)Oc1ccc(C(=O)[C@@H]2[C@@H](C(=O)c3ccc(F)cc3)[C@@]3(C(=O)Nc4ccccc43)[C@H]3c4ccccc4C=CN23)cc1. The molecule has 0 aromatic heterocycles. The Morgan fingerprint density at radius 3 is 2.26 bits per heavy atom. The molecule has 1 spiro atoms. The minimum absolute atomic E-state index is 0.0331. The van der Waals surface area contributed by atoms with Crippen LogP contribution in [-0.4, -0.2) is 34.5 Å². The molecule has 3 aliphatic heterocycles. The van der Waals surface area contributed by atoms with E-state index in [9.17, 15) is 18.8 Å². The van der Waals surface area contributed by atoms with Gasteiger partial charge in [0.05, 0.1) is 18.1 Å². The normalized spacial score (nSPS) is 23.1. The highest BCUT2D eigenvalue weighted by molar-refractivity contribution is 6.16. The number of hydrogen-bond acceptors (Lipinski definition) is 5. The smallest absolute Gasteiger partial charge is 0.238 e. The first kappa shape index (κ1) is 26.8. The molecule has 0 saturated carbocycles. The van der Waals surface area contributed by atoms with Gasteiger partial charge in [0, 0.05) is 23.0 Å². The number of amides is 1. The fourth-order valence-corrected chi connectivity index (χ4v) is 7.10. The van der Waals surface area contributed by atoms with Gasteiger partial charge in [-0.05, 0) is 91.2 Å². The number of anilines is 1. The lowest BCUT2D eigenvalue weighted by Gasteiger charge is -2.38. The number of halogens is 1. The molecule has 43 heavy (non-hydrogen) atoms. The van der Waals surface area contributed by atoms with Crippen molar-refractivity contribution < 1.29 is 23.5 Å². The maximum Gasteiger partial charge on any atom is 0.238 e. The summed E-state index contributed by atoms with van der Waals surface area (Å²) in [6.07, 6.45) is 3.72. The van der Waals surface area contributed by atoms with Gasteiger partial charge in [0.1, 0.15) is 23.0 Å². The molecule has 0 unspecified atom stereocenters. The zero-order valence-corrected chi connectivity index (χ0v) is 23.7. The molecule has 1 amide bonds. The third-order valence-corrected chi connectivity index (χ3v) is 8.76. The number of nitrogens with zero attached hydrogens (tertiary/aromatic N) is 1. The lowest BCUT2D eigenvalue weighted by atomic mass is 9.62. The third-order valence-electron chi connectivity index (χ3n) is 8.76. The van der Waals surface area contributed by atoms with Gasteiger partial charge < -0.3 is 15.0 Å². The van der Waals surface area contributed by atoms with Crippen LogP contribution in [0.25, 0.3) is 6.08 Å². The fourth-order valence-electron chi connectivity index (χ4n) is 7.10. The number of rotatable bonds is 6. The van der Waals surface area contributed by atoms with E-state index in [1.807, 2.05) is 79.6 Å². The van der Waals surface area contributed by atoms with E-state index in [4.69, 9.17) is 4.74 Å². The van der Waals surface area contributed by atoms with Crippen molar-refractivity contribution in [3.63, 3.8) is 0 Å². The molecule has 3 aliphatic rings. The summed E-state index contributed by atoms with van der Waals surface area (Å²) in [7, 11) is 0.